The number of anilines is 2. The van der Waals surface area contributed by atoms with E-state index in [2.05, 4.69) is 27.3 Å². The Morgan fingerprint density at radius 1 is 1.12 bits per heavy atom. The number of rotatable bonds is 12. The molecule has 5 rings (SSSR count). The number of carbonyl (C=O) groups excluding carboxylic acids is 1. The molecule has 2 N–H and O–H groups in total. The van der Waals surface area contributed by atoms with Crippen molar-refractivity contribution < 1.29 is 19.0 Å². The van der Waals surface area contributed by atoms with Crippen LogP contribution in [0.15, 0.2) is 37.2 Å². The van der Waals surface area contributed by atoms with Gasteiger partial charge < -0.3 is 24.8 Å². The zero-order chi connectivity index (χ0) is 29.1. The number of carbonyl (C=O) groups is 1. The topological polar surface area (TPSA) is 125 Å². The number of aromatic nitrogens is 5. The van der Waals surface area contributed by atoms with Gasteiger partial charge in [0.2, 0.25) is 5.91 Å². The van der Waals surface area contributed by atoms with Crippen molar-refractivity contribution in [1.29, 1.82) is 0 Å². The first-order valence-corrected chi connectivity index (χ1v) is 13.6. The van der Waals surface area contributed by atoms with E-state index in [0.29, 0.717) is 85.8 Å². The Balaban J connectivity index is 1.68. The van der Waals surface area contributed by atoms with Gasteiger partial charge in [-0.25, -0.2) is 15.0 Å². The molecular weight excluding hydrogens is 569 g/mol. The van der Waals surface area contributed by atoms with Gasteiger partial charge in [-0.05, 0) is 30.9 Å². The van der Waals surface area contributed by atoms with Crippen molar-refractivity contribution in [2.45, 2.75) is 19.4 Å². The zero-order valence-corrected chi connectivity index (χ0v) is 24.3. The maximum absolute atomic E-state index is 12.1. The second kappa shape index (κ2) is 12.3. The number of hydrogen-bond donors (Lipinski definition) is 2. The number of fused-ring (bicyclic) bond motifs is 1. The molecule has 11 nitrogen and oxygen atoms in total. The SMILES string of the molecule is C=CC(=O)Nc1cnn(CCOC)c1-c1ncc2cc(-c3c(Cl)c(OC)cc(OC)c3Cl)nc(NCC3CC3)c2n1. The van der Waals surface area contributed by atoms with Gasteiger partial charge in [-0.15, -0.1) is 0 Å². The van der Waals surface area contributed by atoms with Crippen LogP contribution in [0.5, 0.6) is 11.5 Å². The first-order valence-electron chi connectivity index (χ1n) is 12.9. The third kappa shape index (κ3) is 5.92. The maximum Gasteiger partial charge on any atom is 0.247 e. The van der Waals surface area contributed by atoms with Gasteiger partial charge in [-0.1, -0.05) is 29.8 Å². The van der Waals surface area contributed by atoms with Crippen LogP contribution in [-0.2, 0) is 16.1 Å². The van der Waals surface area contributed by atoms with E-state index in [0.717, 1.165) is 19.4 Å². The maximum atomic E-state index is 12.1. The minimum absolute atomic E-state index is 0.306. The zero-order valence-electron chi connectivity index (χ0n) is 22.8. The van der Waals surface area contributed by atoms with Gasteiger partial charge in [0.25, 0.3) is 0 Å². The molecule has 13 heteroatoms. The van der Waals surface area contributed by atoms with Crippen LogP contribution in [0.2, 0.25) is 10.0 Å². The predicted octanol–water partition coefficient (Wildman–Crippen LogP) is 5.47. The smallest absolute Gasteiger partial charge is 0.247 e. The summed E-state index contributed by atoms with van der Waals surface area (Å²) in [7, 11) is 4.65. The molecule has 3 heterocycles. The summed E-state index contributed by atoms with van der Waals surface area (Å²) in [4.78, 5) is 26.6. The van der Waals surface area contributed by atoms with Gasteiger partial charge in [-0.3, -0.25) is 9.48 Å². The van der Waals surface area contributed by atoms with Gasteiger partial charge in [0.15, 0.2) is 11.6 Å². The molecule has 41 heavy (non-hydrogen) atoms. The van der Waals surface area contributed by atoms with E-state index in [-0.39, 0.29) is 5.91 Å². The Morgan fingerprint density at radius 3 is 2.49 bits per heavy atom. The molecule has 0 aliphatic heterocycles. The molecule has 1 aliphatic rings. The molecule has 4 aromatic rings. The van der Waals surface area contributed by atoms with Crippen molar-refractivity contribution in [2.24, 2.45) is 5.92 Å². The highest BCUT2D eigenvalue weighted by atomic mass is 35.5. The van der Waals surface area contributed by atoms with E-state index in [1.54, 1.807) is 30.3 Å². The van der Waals surface area contributed by atoms with Crippen LogP contribution in [0.4, 0.5) is 11.5 Å². The molecule has 0 radical (unpaired) electrons. The summed E-state index contributed by atoms with van der Waals surface area (Å²) in [5.74, 6) is 1.90. The van der Waals surface area contributed by atoms with Crippen LogP contribution in [0.25, 0.3) is 33.7 Å². The van der Waals surface area contributed by atoms with Crippen LogP contribution in [0.1, 0.15) is 12.8 Å². The van der Waals surface area contributed by atoms with Crippen molar-refractivity contribution in [2.75, 3.05) is 45.1 Å². The third-order valence-corrected chi connectivity index (χ3v) is 7.40. The standard InChI is InChI=1S/C28H29Cl2N7O4/c1-5-21(38)34-18-14-33-37(8-9-39-2)26(18)28-32-13-16-10-17(35-27(25(16)36-28)31-12-15-6-7-15)22-23(29)19(40-3)11-20(41-4)24(22)30/h5,10-11,13-15H,1,6-9,12H2,2-4H3,(H,31,35)(H,34,38). The summed E-state index contributed by atoms with van der Waals surface area (Å²) >= 11 is 13.4. The first-order chi connectivity index (χ1) is 19.9. The lowest BCUT2D eigenvalue weighted by molar-refractivity contribution is -0.111. The average Bonchev–Trinajstić information content (AvgIpc) is 3.73. The van der Waals surface area contributed by atoms with Crippen molar-refractivity contribution in [1.82, 2.24) is 24.7 Å². The van der Waals surface area contributed by atoms with Crippen molar-refractivity contribution >= 4 is 51.5 Å². The van der Waals surface area contributed by atoms with Crippen LogP contribution in [0, 0.1) is 5.92 Å². The van der Waals surface area contributed by atoms with E-state index < -0.39 is 0 Å². The Bertz CT molecular complexity index is 1590. The number of amides is 1. The number of ether oxygens (including phenoxy) is 3. The number of hydrogen-bond acceptors (Lipinski definition) is 9. The van der Waals surface area contributed by atoms with Crippen molar-refractivity contribution in [3.05, 3.63) is 47.2 Å². The van der Waals surface area contributed by atoms with Crippen LogP contribution in [-0.4, -0.2) is 65.1 Å². The monoisotopic (exact) mass is 597 g/mol. The average molecular weight is 598 g/mol. The highest BCUT2D eigenvalue weighted by Crippen LogP contribution is 2.46. The molecule has 0 bridgehead atoms. The van der Waals surface area contributed by atoms with E-state index in [4.69, 9.17) is 47.4 Å². The predicted molar refractivity (Wildman–Crippen MR) is 159 cm³/mol. The second-order valence-corrected chi connectivity index (χ2v) is 10.2. The largest absolute Gasteiger partial charge is 0.495 e. The molecule has 0 atom stereocenters. The lowest BCUT2D eigenvalue weighted by Gasteiger charge is -2.16. The molecule has 1 aliphatic carbocycles. The minimum atomic E-state index is -0.376. The Kier molecular flexibility index (Phi) is 8.57. The van der Waals surface area contributed by atoms with E-state index in [9.17, 15) is 4.79 Å². The lowest BCUT2D eigenvalue weighted by Crippen LogP contribution is -2.12. The molecule has 214 valence electrons. The van der Waals surface area contributed by atoms with E-state index >= 15 is 0 Å². The Morgan fingerprint density at radius 2 is 1.85 bits per heavy atom. The Labute approximate surface area is 246 Å². The summed E-state index contributed by atoms with van der Waals surface area (Å²) in [6, 6.07) is 3.45. The number of halogens is 2. The molecule has 0 saturated heterocycles. The van der Waals surface area contributed by atoms with Gasteiger partial charge in [-0.2, -0.15) is 5.10 Å². The molecular formula is C28H29Cl2N7O4. The highest BCUT2D eigenvalue weighted by molar-refractivity contribution is 6.41. The fourth-order valence-corrected chi connectivity index (χ4v) is 5.02. The summed E-state index contributed by atoms with van der Waals surface area (Å²) in [6.45, 7) is 5.10. The van der Waals surface area contributed by atoms with Crippen LogP contribution < -0.4 is 20.1 Å². The second-order valence-electron chi connectivity index (χ2n) is 9.41. The lowest BCUT2D eigenvalue weighted by atomic mass is 10.1. The molecule has 1 saturated carbocycles. The Hall–Kier alpha value is -3.93. The fraction of sp³-hybridized carbons (Fsp3) is 0.321. The van der Waals surface area contributed by atoms with E-state index in [1.165, 1.54) is 20.3 Å². The quantitative estimate of drug-likeness (QED) is 0.204. The molecule has 0 spiro atoms. The normalized spacial score (nSPS) is 12.8. The number of nitrogens with one attached hydrogen (secondary N) is 2. The van der Waals surface area contributed by atoms with Gasteiger partial charge >= 0.3 is 0 Å². The summed E-state index contributed by atoms with van der Waals surface area (Å²) in [6.07, 6.45) is 6.73. The summed E-state index contributed by atoms with van der Waals surface area (Å²) < 4.78 is 17.8. The molecule has 3 aromatic heterocycles. The number of pyridine rings is 1. The number of methoxy groups -OCH3 is 3. The van der Waals surface area contributed by atoms with Crippen molar-refractivity contribution in [3.63, 3.8) is 0 Å². The molecule has 1 amide bonds. The van der Waals surface area contributed by atoms with E-state index in [1.807, 2.05) is 6.07 Å². The number of benzene rings is 1. The van der Waals surface area contributed by atoms with Gasteiger partial charge in [0, 0.05) is 36.9 Å². The summed E-state index contributed by atoms with van der Waals surface area (Å²) in [5, 5.41) is 12.0. The summed E-state index contributed by atoms with van der Waals surface area (Å²) in [5.41, 5.74) is 2.53. The minimum Gasteiger partial charge on any atom is -0.495 e. The third-order valence-electron chi connectivity index (χ3n) is 6.65. The molecule has 1 aromatic carbocycles. The van der Waals surface area contributed by atoms with Crippen LogP contribution >= 0.6 is 23.2 Å². The van der Waals surface area contributed by atoms with Crippen LogP contribution in [0.3, 0.4) is 0 Å². The van der Waals surface area contributed by atoms with Gasteiger partial charge in [0.05, 0.1) is 55.0 Å². The van der Waals surface area contributed by atoms with Gasteiger partial charge in [0.1, 0.15) is 22.7 Å². The van der Waals surface area contributed by atoms with Crippen molar-refractivity contribution in [3.8, 4) is 34.3 Å². The molecule has 1 fully saturated rings. The fourth-order valence-electron chi connectivity index (χ4n) is 4.32. The highest BCUT2D eigenvalue weighted by Gasteiger charge is 2.25. The molecule has 0 unspecified atom stereocenters. The first kappa shape index (κ1) is 28.6. The number of nitrogens with zero attached hydrogens (tertiary/aromatic N) is 5.